The maximum Gasteiger partial charge on any atom is 0.123 e. The molecule has 0 amide bonds. The number of benzene rings is 1. The van der Waals surface area contributed by atoms with Crippen LogP contribution in [0.5, 0.6) is 0 Å². The molecule has 1 aromatic carbocycles. The zero-order valence-electron chi connectivity index (χ0n) is 12.3. The summed E-state index contributed by atoms with van der Waals surface area (Å²) < 4.78 is 19.1. The molecule has 106 valence electrons. The molecule has 1 aliphatic rings. The molecule has 1 saturated heterocycles. The van der Waals surface area contributed by atoms with Gasteiger partial charge in [0.15, 0.2) is 0 Å². The van der Waals surface area contributed by atoms with Crippen molar-refractivity contribution in [3.05, 3.63) is 35.6 Å². The summed E-state index contributed by atoms with van der Waals surface area (Å²) in [6, 6.07) is 6.07. The second-order valence-corrected chi connectivity index (χ2v) is 6.88. The zero-order chi connectivity index (χ0) is 14.5. The molecule has 0 saturated carbocycles. The predicted octanol–water partition coefficient (Wildman–Crippen LogP) is 3.63. The van der Waals surface area contributed by atoms with Crippen LogP contribution >= 0.6 is 0 Å². The van der Waals surface area contributed by atoms with Gasteiger partial charge in [-0.15, -0.1) is 0 Å². The molecule has 2 rings (SSSR count). The second kappa shape index (κ2) is 4.29. The van der Waals surface area contributed by atoms with E-state index in [9.17, 15) is 9.50 Å². The monoisotopic (exact) mass is 266 g/mol. The highest BCUT2D eigenvalue weighted by molar-refractivity contribution is 5.25. The molecule has 0 bridgehead atoms. The van der Waals surface area contributed by atoms with Gasteiger partial charge in [-0.1, -0.05) is 12.1 Å². The summed E-state index contributed by atoms with van der Waals surface area (Å²) in [5, 5.41) is 10.9. The molecule has 19 heavy (non-hydrogen) atoms. The number of rotatable bonds is 2. The molecular formula is C16H23FO2. The van der Waals surface area contributed by atoms with Crippen molar-refractivity contribution in [3.63, 3.8) is 0 Å². The standard InChI is InChI=1S/C16H23FO2/c1-14(2)10-13(15(3,4)19-14)16(5,18)11-6-8-12(17)9-7-11/h6-9,13,18H,10H2,1-5H3. The van der Waals surface area contributed by atoms with E-state index in [1.54, 1.807) is 19.1 Å². The minimum atomic E-state index is -1.04. The molecule has 2 atom stereocenters. The minimum Gasteiger partial charge on any atom is -0.385 e. The number of halogens is 1. The van der Waals surface area contributed by atoms with Gasteiger partial charge in [-0.2, -0.15) is 0 Å². The summed E-state index contributed by atoms with van der Waals surface area (Å²) >= 11 is 0. The molecule has 0 radical (unpaired) electrons. The van der Waals surface area contributed by atoms with Crippen molar-refractivity contribution >= 4 is 0 Å². The van der Waals surface area contributed by atoms with Crippen molar-refractivity contribution in [1.82, 2.24) is 0 Å². The largest absolute Gasteiger partial charge is 0.385 e. The van der Waals surface area contributed by atoms with Crippen molar-refractivity contribution in [2.45, 2.75) is 57.8 Å². The van der Waals surface area contributed by atoms with Gasteiger partial charge in [0, 0.05) is 5.92 Å². The van der Waals surface area contributed by atoms with Crippen molar-refractivity contribution in [1.29, 1.82) is 0 Å². The van der Waals surface area contributed by atoms with Gasteiger partial charge in [0.1, 0.15) is 5.82 Å². The topological polar surface area (TPSA) is 29.5 Å². The highest BCUT2D eigenvalue weighted by Crippen LogP contribution is 2.50. The molecule has 0 aliphatic carbocycles. The van der Waals surface area contributed by atoms with Crippen molar-refractivity contribution in [2.75, 3.05) is 0 Å². The van der Waals surface area contributed by atoms with E-state index in [-0.39, 0.29) is 17.3 Å². The smallest absolute Gasteiger partial charge is 0.123 e. The van der Waals surface area contributed by atoms with Crippen molar-refractivity contribution < 1.29 is 14.2 Å². The lowest BCUT2D eigenvalue weighted by Gasteiger charge is -2.38. The first-order valence-electron chi connectivity index (χ1n) is 6.73. The minimum absolute atomic E-state index is 0.0412. The fourth-order valence-corrected chi connectivity index (χ4v) is 3.43. The lowest BCUT2D eigenvalue weighted by Crippen LogP contribution is -2.42. The van der Waals surface area contributed by atoms with Gasteiger partial charge in [-0.05, 0) is 58.7 Å². The maximum atomic E-state index is 13.0. The van der Waals surface area contributed by atoms with E-state index in [0.717, 1.165) is 12.0 Å². The van der Waals surface area contributed by atoms with Crippen LogP contribution in [0.15, 0.2) is 24.3 Å². The molecule has 3 heteroatoms. The predicted molar refractivity (Wildman–Crippen MR) is 73.3 cm³/mol. The fourth-order valence-electron chi connectivity index (χ4n) is 3.43. The third kappa shape index (κ3) is 2.67. The van der Waals surface area contributed by atoms with Gasteiger partial charge in [0.25, 0.3) is 0 Å². The van der Waals surface area contributed by atoms with Crippen LogP contribution in [0.4, 0.5) is 4.39 Å². The summed E-state index contributed by atoms with van der Waals surface area (Å²) in [5.41, 5.74) is -0.974. The summed E-state index contributed by atoms with van der Waals surface area (Å²) in [6.45, 7) is 9.87. The van der Waals surface area contributed by atoms with E-state index in [1.165, 1.54) is 12.1 Å². The Labute approximate surface area is 114 Å². The van der Waals surface area contributed by atoms with Crippen molar-refractivity contribution in [2.24, 2.45) is 5.92 Å². The number of hydrogen-bond donors (Lipinski definition) is 1. The fraction of sp³-hybridized carbons (Fsp3) is 0.625. The van der Waals surface area contributed by atoms with E-state index < -0.39 is 11.2 Å². The molecule has 1 aromatic rings. The van der Waals surface area contributed by atoms with E-state index in [4.69, 9.17) is 4.74 Å². The number of hydrogen-bond acceptors (Lipinski definition) is 2. The Kier molecular flexibility index (Phi) is 3.27. The molecule has 1 N–H and O–H groups in total. The molecule has 1 heterocycles. The Hall–Kier alpha value is -0.930. The average molecular weight is 266 g/mol. The maximum absolute atomic E-state index is 13.0. The van der Waals surface area contributed by atoms with Gasteiger partial charge >= 0.3 is 0 Å². The van der Waals surface area contributed by atoms with Gasteiger partial charge in [-0.25, -0.2) is 4.39 Å². The number of ether oxygens (including phenoxy) is 1. The highest BCUT2D eigenvalue weighted by Gasteiger charge is 2.53. The van der Waals surface area contributed by atoms with Gasteiger partial charge in [0.05, 0.1) is 16.8 Å². The van der Waals surface area contributed by atoms with Crippen LogP contribution in [0.25, 0.3) is 0 Å². The normalized spacial score (nSPS) is 28.1. The Morgan fingerprint density at radius 3 is 2.16 bits per heavy atom. The van der Waals surface area contributed by atoms with Crippen LogP contribution < -0.4 is 0 Å². The van der Waals surface area contributed by atoms with Gasteiger partial charge < -0.3 is 9.84 Å². The zero-order valence-corrected chi connectivity index (χ0v) is 12.3. The quantitative estimate of drug-likeness (QED) is 0.885. The third-order valence-corrected chi connectivity index (χ3v) is 4.18. The molecule has 1 aliphatic heterocycles. The van der Waals surface area contributed by atoms with Crippen LogP contribution in [0, 0.1) is 11.7 Å². The average Bonchev–Trinajstić information content (AvgIpc) is 2.48. The molecular weight excluding hydrogens is 243 g/mol. The van der Waals surface area contributed by atoms with Crippen LogP contribution in [-0.2, 0) is 10.3 Å². The summed E-state index contributed by atoms with van der Waals surface area (Å²) in [7, 11) is 0. The molecule has 0 aromatic heterocycles. The Morgan fingerprint density at radius 2 is 1.74 bits per heavy atom. The summed E-state index contributed by atoms with van der Waals surface area (Å²) in [5.74, 6) is -0.331. The van der Waals surface area contributed by atoms with Gasteiger partial charge in [0.2, 0.25) is 0 Å². The SMILES string of the molecule is CC1(C)CC(C(C)(O)c2ccc(F)cc2)C(C)(C)O1. The van der Waals surface area contributed by atoms with Crippen LogP contribution in [0.1, 0.15) is 46.6 Å². The number of aliphatic hydroxyl groups is 1. The lowest BCUT2D eigenvalue weighted by molar-refractivity contribution is -0.110. The molecule has 1 fully saturated rings. The third-order valence-electron chi connectivity index (χ3n) is 4.18. The van der Waals surface area contributed by atoms with Gasteiger partial charge in [-0.3, -0.25) is 0 Å². The molecule has 0 spiro atoms. The van der Waals surface area contributed by atoms with Crippen LogP contribution in [0.2, 0.25) is 0 Å². The van der Waals surface area contributed by atoms with E-state index in [1.807, 2.05) is 27.7 Å². The Balaban J connectivity index is 2.36. The second-order valence-electron chi connectivity index (χ2n) is 6.88. The van der Waals surface area contributed by atoms with E-state index in [2.05, 4.69) is 0 Å². The Bertz CT molecular complexity index is 460. The summed E-state index contributed by atoms with van der Waals surface area (Å²) in [4.78, 5) is 0. The first-order chi connectivity index (χ1) is 8.55. The Morgan fingerprint density at radius 1 is 1.21 bits per heavy atom. The first-order valence-corrected chi connectivity index (χ1v) is 6.73. The van der Waals surface area contributed by atoms with E-state index in [0.29, 0.717) is 0 Å². The highest BCUT2D eigenvalue weighted by atomic mass is 19.1. The molecule has 2 nitrogen and oxygen atoms in total. The summed E-state index contributed by atoms with van der Waals surface area (Å²) in [6.07, 6.45) is 0.768. The van der Waals surface area contributed by atoms with Crippen LogP contribution in [0.3, 0.4) is 0 Å². The lowest BCUT2D eigenvalue weighted by atomic mass is 9.72. The van der Waals surface area contributed by atoms with Crippen LogP contribution in [-0.4, -0.2) is 16.3 Å². The first kappa shape index (κ1) is 14.5. The van der Waals surface area contributed by atoms with E-state index >= 15 is 0 Å². The molecule has 2 unspecified atom stereocenters. The van der Waals surface area contributed by atoms with Crippen molar-refractivity contribution in [3.8, 4) is 0 Å².